The van der Waals surface area contributed by atoms with E-state index in [0.717, 1.165) is 23.3 Å². The highest BCUT2D eigenvalue weighted by molar-refractivity contribution is 5.83. The number of aromatic nitrogens is 1. The van der Waals surface area contributed by atoms with E-state index < -0.39 is 0 Å². The number of furan rings is 1. The third-order valence-corrected chi connectivity index (χ3v) is 4.81. The molecule has 1 fully saturated rings. The highest BCUT2D eigenvalue weighted by Gasteiger charge is 2.46. The summed E-state index contributed by atoms with van der Waals surface area (Å²) in [5, 5.41) is 10.1. The van der Waals surface area contributed by atoms with E-state index in [9.17, 15) is 9.90 Å². The van der Waals surface area contributed by atoms with Crippen LogP contribution in [0, 0.1) is 5.92 Å². The van der Waals surface area contributed by atoms with Gasteiger partial charge in [0.1, 0.15) is 11.5 Å². The lowest BCUT2D eigenvalue weighted by Crippen LogP contribution is -2.31. The molecular formula is C21H20N2O3. The highest BCUT2D eigenvalue weighted by atomic mass is 16.3. The van der Waals surface area contributed by atoms with Crippen LogP contribution >= 0.6 is 0 Å². The van der Waals surface area contributed by atoms with Crippen LogP contribution < -0.4 is 0 Å². The highest BCUT2D eigenvalue weighted by Crippen LogP contribution is 2.48. The molecule has 2 aromatic heterocycles. The summed E-state index contributed by atoms with van der Waals surface area (Å²) in [6, 6.07) is 14.7. The first-order valence-electron chi connectivity index (χ1n) is 8.70. The van der Waals surface area contributed by atoms with Crippen LogP contribution in [0.3, 0.4) is 0 Å². The monoisotopic (exact) mass is 348 g/mol. The van der Waals surface area contributed by atoms with Crippen LogP contribution in [-0.4, -0.2) is 20.9 Å². The predicted molar refractivity (Wildman–Crippen MR) is 96.2 cm³/mol. The summed E-state index contributed by atoms with van der Waals surface area (Å²) >= 11 is 0. The van der Waals surface area contributed by atoms with Gasteiger partial charge in [-0.15, -0.1) is 0 Å². The molecule has 0 aliphatic heterocycles. The van der Waals surface area contributed by atoms with Gasteiger partial charge in [0.25, 0.3) is 0 Å². The van der Waals surface area contributed by atoms with Crippen molar-refractivity contribution in [3.8, 4) is 5.75 Å². The molecule has 0 unspecified atom stereocenters. The van der Waals surface area contributed by atoms with E-state index in [4.69, 9.17) is 4.42 Å². The van der Waals surface area contributed by atoms with Gasteiger partial charge < -0.3 is 14.4 Å². The van der Waals surface area contributed by atoms with Crippen molar-refractivity contribution in [3.63, 3.8) is 0 Å². The Balaban J connectivity index is 1.53. The van der Waals surface area contributed by atoms with Gasteiger partial charge in [-0.25, -0.2) is 0 Å². The molecule has 1 N–H and O–H groups in total. The van der Waals surface area contributed by atoms with Crippen molar-refractivity contribution >= 4 is 5.91 Å². The molecule has 1 amide bonds. The van der Waals surface area contributed by atoms with Gasteiger partial charge in [0.15, 0.2) is 0 Å². The first-order valence-corrected chi connectivity index (χ1v) is 8.70. The summed E-state index contributed by atoms with van der Waals surface area (Å²) in [4.78, 5) is 19.0. The van der Waals surface area contributed by atoms with Gasteiger partial charge in [-0.05, 0) is 42.2 Å². The summed E-state index contributed by atoms with van der Waals surface area (Å²) in [7, 11) is 0. The van der Waals surface area contributed by atoms with Crippen molar-refractivity contribution in [2.45, 2.75) is 25.4 Å². The lowest BCUT2D eigenvalue weighted by atomic mass is 10.1. The van der Waals surface area contributed by atoms with Gasteiger partial charge >= 0.3 is 0 Å². The lowest BCUT2D eigenvalue weighted by molar-refractivity contribution is -0.134. The standard InChI is InChI=1S/C21H20N2O3/c24-20-8-2-1-5-16(20)13-23(14-17-7-4-10-26-17)21(25)19-11-18(19)15-6-3-9-22-12-15/h1-10,12,18-19,24H,11,13-14H2/t18-,19-/m0/s1. The molecule has 2 atom stereocenters. The van der Waals surface area contributed by atoms with Crippen molar-refractivity contribution in [2.75, 3.05) is 0 Å². The zero-order chi connectivity index (χ0) is 17.9. The molecule has 2 heterocycles. The molecule has 5 heteroatoms. The van der Waals surface area contributed by atoms with E-state index in [2.05, 4.69) is 4.98 Å². The Morgan fingerprint density at radius 1 is 1.15 bits per heavy atom. The normalized spacial score (nSPS) is 18.5. The number of rotatable bonds is 6. The molecule has 1 saturated carbocycles. The number of pyridine rings is 1. The number of phenolic OH excluding ortho intramolecular Hbond substituents is 1. The van der Waals surface area contributed by atoms with Crippen LogP contribution in [-0.2, 0) is 17.9 Å². The van der Waals surface area contributed by atoms with Gasteiger partial charge in [-0.1, -0.05) is 24.3 Å². The number of hydrogen-bond acceptors (Lipinski definition) is 4. The van der Waals surface area contributed by atoms with Crippen LogP contribution in [0.25, 0.3) is 0 Å². The second-order valence-corrected chi connectivity index (χ2v) is 6.64. The smallest absolute Gasteiger partial charge is 0.227 e. The van der Waals surface area contributed by atoms with Crippen LogP contribution in [0.5, 0.6) is 5.75 Å². The maximum absolute atomic E-state index is 13.1. The van der Waals surface area contributed by atoms with Crippen molar-refractivity contribution in [3.05, 3.63) is 84.1 Å². The Kier molecular flexibility index (Phi) is 4.44. The lowest BCUT2D eigenvalue weighted by Gasteiger charge is -2.22. The minimum absolute atomic E-state index is 0.0417. The Bertz CT molecular complexity index is 877. The van der Waals surface area contributed by atoms with E-state index in [-0.39, 0.29) is 23.5 Å². The SMILES string of the molecule is O=C([C@H]1C[C@H]1c1cccnc1)N(Cc1ccco1)Cc1ccccc1O. The third kappa shape index (κ3) is 3.47. The minimum atomic E-state index is -0.0417. The fourth-order valence-electron chi connectivity index (χ4n) is 3.32. The molecule has 0 radical (unpaired) electrons. The van der Waals surface area contributed by atoms with Gasteiger partial charge in [0.2, 0.25) is 5.91 Å². The summed E-state index contributed by atoms with van der Waals surface area (Å²) in [5.41, 5.74) is 1.83. The van der Waals surface area contributed by atoms with Crippen LogP contribution in [0.1, 0.15) is 29.2 Å². The fourth-order valence-corrected chi connectivity index (χ4v) is 3.32. The van der Waals surface area contributed by atoms with Crippen LogP contribution in [0.4, 0.5) is 0 Å². The van der Waals surface area contributed by atoms with Crippen LogP contribution in [0.2, 0.25) is 0 Å². The molecule has 1 aliphatic carbocycles. The average Bonchev–Trinajstić information content (AvgIpc) is 3.31. The van der Waals surface area contributed by atoms with E-state index in [1.54, 1.807) is 29.5 Å². The fraction of sp³-hybridized carbons (Fsp3) is 0.238. The number of phenols is 1. The topological polar surface area (TPSA) is 66.6 Å². The van der Waals surface area contributed by atoms with Crippen molar-refractivity contribution < 1.29 is 14.3 Å². The van der Waals surface area contributed by atoms with Crippen molar-refractivity contribution in [1.82, 2.24) is 9.88 Å². The Labute approximate surface area is 151 Å². The molecule has 0 spiro atoms. The summed E-state index contributed by atoms with van der Waals surface area (Å²) < 4.78 is 5.43. The maximum atomic E-state index is 13.1. The quantitative estimate of drug-likeness (QED) is 0.737. The second kappa shape index (κ2) is 7.04. The minimum Gasteiger partial charge on any atom is -0.508 e. The molecule has 26 heavy (non-hydrogen) atoms. The predicted octanol–water partition coefficient (Wildman–Crippen LogP) is 3.71. The molecular weight excluding hydrogens is 328 g/mol. The third-order valence-electron chi connectivity index (χ3n) is 4.81. The number of hydrogen-bond donors (Lipinski definition) is 1. The first-order chi connectivity index (χ1) is 12.7. The molecule has 1 aromatic carbocycles. The van der Waals surface area contributed by atoms with Gasteiger partial charge in [-0.3, -0.25) is 9.78 Å². The molecule has 0 bridgehead atoms. The molecule has 5 nitrogen and oxygen atoms in total. The Hall–Kier alpha value is -3.08. The number of aromatic hydroxyl groups is 1. The van der Waals surface area contributed by atoms with E-state index in [1.165, 1.54) is 0 Å². The van der Waals surface area contributed by atoms with Crippen LogP contribution in [0.15, 0.2) is 71.6 Å². The number of carbonyl (C=O) groups is 1. The zero-order valence-electron chi connectivity index (χ0n) is 14.3. The Morgan fingerprint density at radius 2 is 2.04 bits per heavy atom. The molecule has 3 aromatic rings. The number of benzene rings is 1. The largest absolute Gasteiger partial charge is 0.508 e. The Morgan fingerprint density at radius 3 is 2.77 bits per heavy atom. The molecule has 1 aliphatic rings. The summed E-state index contributed by atoms with van der Waals surface area (Å²) in [6.45, 7) is 0.735. The van der Waals surface area contributed by atoms with E-state index >= 15 is 0 Å². The number of nitrogens with zero attached hydrogens (tertiary/aromatic N) is 2. The van der Waals surface area contributed by atoms with Crippen molar-refractivity contribution in [1.29, 1.82) is 0 Å². The number of carbonyl (C=O) groups excluding carboxylic acids is 1. The first kappa shape index (κ1) is 16.4. The van der Waals surface area contributed by atoms with Gasteiger partial charge in [0, 0.05) is 30.4 Å². The van der Waals surface area contributed by atoms with Crippen molar-refractivity contribution in [2.24, 2.45) is 5.92 Å². The maximum Gasteiger partial charge on any atom is 0.227 e. The second-order valence-electron chi connectivity index (χ2n) is 6.64. The molecule has 0 saturated heterocycles. The number of amides is 1. The molecule has 132 valence electrons. The van der Waals surface area contributed by atoms with Gasteiger partial charge in [-0.2, -0.15) is 0 Å². The summed E-state index contributed by atoms with van der Waals surface area (Å²) in [6.07, 6.45) is 6.01. The zero-order valence-corrected chi connectivity index (χ0v) is 14.3. The number of para-hydroxylation sites is 1. The van der Waals surface area contributed by atoms with Gasteiger partial charge in [0.05, 0.1) is 12.8 Å². The van der Waals surface area contributed by atoms with E-state index in [1.807, 2.05) is 42.6 Å². The molecule has 4 rings (SSSR count). The van der Waals surface area contributed by atoms with E-state index in [0.29, 0.717) is 13.1 Å². The summed E-state index contributed by atoms with van der Waals surface area (Å²) in [5.74, 6) is 1.19. The average molecular weight is 348 g/mol.